The Hall–Kier alpha value is -1.26. The van der Waals surface area contributed by atoms with Gasteiger partial charge >= 0.3 is 0 Å². The predicted octanol–water partition coefficient (Wildman–Crippen LogP) is 1.78. The van der Waals surface area contributed by atoms with E-state index in [-0.39, 0.29) is 18.3 Å². The van der Waals surface area contributed by atoms with Gasteiger partial charge in [-0.15, -0.1) is 12.4 Å². The number of ether oxygens (including phenoxy) is 1. The van der Waals surface area contributed by atoms with Gasteiger partial charge in [-0.25, -0.2) is 0 Å². The SMILES string of the molecule is Cl.Nc1ccccc1CCC(=O)NCC1CCOC1. The Kier molecular flexibility index (Phi) is 6.67. The van der Waals surface area contributed by atoms with E-state index < -0.39 is 0 Å². The number of hydrogen-bond acceptors (Lipinski definition) is 3. The highest BCUT2D eigenvalue weighted by atomic mass is 35.5. The van der Waals surface area contributed by atoms with Crippen molar-refractivity contribution >= 4 is 24.0 Å². The van der Waals surface area contributed by atoms with Gasteiger partial charge in [-0.1, -0.05) is 18.2 Å². The summed E-state index contributed by atoms with van der Waals surface area (Å²) >= 11 is 0. The number of nitrogens with two attached hydrogens (primary N) is 1. The van der Waals surface area contributed by atoms with Gasteiger partial charge in [0.05, 0.1) is 6.61 Å². The smallest absolute Gasteiger partial charge is 0.220 e. The molecule has 0 bridgehead atoms. The van der Waals surface area contributed by atoms with Gasteiger partial charge in [-0.3, -0.25) is 4.79 Å². The number of halogens is 1. The van der Waals surface area contributed by atoms with Crippen molar-refractivity contribution in [3.8, 4) is 0 Å². The molecule has 0 radical (unpaired) electrons. The van der Waals surface area contributed by atoms with Crippen LogP contribution in [0.1, 0.15) is 18.4 Å². The van der Waals surface area contributed by atoms with E-state index in [1.54, 1.807) is 0 Å². The van der Waals surface area contributed by atoms with Crippen molar-refractivity contribution in [3.63, 3.8) is 0 Å². The van der Waals surface area contributed by atoms with Crippen LogP contribution < -0.4 is 11.1 Å². The highest BCUT2D eigenvalue weighted by Crippen LogP contribution is 2.13. The zero-order valence-electron chi connectivity index (χ0n) is 10.9. The minimum atomic E-state index is 0. The summed E-state index contributed by atoms with van der Waals surface area (Å²) in [5.41, 5.74) is 7.63. The van der Waals surface area contributed by atoms with Gasteiger partial charge in [0.2, 0.25) is 5.91 Å². The minimum absolute atomic E-state index is 0. The molecule has 1 heterocycles. The molecule has 0 aromatic heterocycles. The Morgan fingerprint density at radius 3 is 2.89 bits per heavy atom. The van der Waals surface area contributed by atoms with Crippen molar-refractivity contribution in [2.75, 3.05) is 25.5 Å². The van der Waals surface area contributed by atoms with Crippen LogP contribution in [0, 0.1) is 5.92 Å². The fraction of sp³-hybridized carbons (Fsp3) is 0.500. The summed E-state index contributed by atoms with van der Waals surface area (Å²) in [6.45, 7) is 2.32. The van der Waals surface area contributed by atoms with E-state index in [4.69, 9.17) is 10.5 Å². The van der Waals surface area contributed by atoms with E-state index in [0.29, 0.717) is 18.8 Å². The first-order valence-electron chi connectivity index (χ1n) is 6.43. The lowest BCUT2D eigenvalue weighted by atomic mass is 10.1. The fourth-order valence-corrected chi connectivity index (χ4v) is 2.10. The molecule has 1 unspecified atom stereocenters. The van der Waals surface area contributed by atoms with Crippen molar-refractivity contribution in [2.24, 2.45) is 5.92 Å². The van der Waals surface area contributed by atoms with Crippen LogP contribution in [0.4, 0.5) is 5.69 Å². The Morgan fingerprint density at radius 2 is 2.21 bits per heavy atom. The number of aryl methyl sites for hydroxylation is 1. The van der Waals surface area contributed by atoms with Crippen LogP contribution in [0.2, 0.25) is 0 Å². The number of rotatable bonds is 5. The second-order valence-corrected chi connectivity index (χ2v) is 4.73. The van der Waals surface area contributed by atoms with Crippen molar-refractivity contribution in [1.29, 1.82) is 0 Å². The van der Waals surface area contributed by atoms with E-state index in [1.807, 2.05) is 24.3 Å². The molecular formula is C14H21ClN2O2. The van der Waals surface area contributed by atoms with Crippen LogP contribution in [0.3, 0.4) is 0 Å². The molecule has 2 rings (SSSR count). The van der Waals surface area contributed by atoms with Gasteiger partial charge in [0, 0.05) is 31.2 Å². The van der Waals surface area contributed by atoms with Crippen molar-refractivity contribution in [3.05, 3.63) is 29.8 Å². The molecule has 1 aliphatic rings. The Morgan fingerprint density at radius 1 is 1.42 bits per heavy atom. The molecule has 19 heavy (non-hydrogen) atoms. The van der Waals surface area contributed by atoms with Crippen molar-refractivity contribution < 1.29 is 9.53 Å². The maximum absolute atomic E-state index is 11.7. The summed E-state index contributed by atoms with van der Waals surface area (Å²) in [4.78, 5) is 11.7. The van der Waals surface area contributed by atoms with Gasteiger partial charge in [0.15, 0.2) is 0 Å². The van der Waals surface area contributed by atoms with Crippen LogP contribution in [-0.2, 0) is 16.0 Å². The molecule has 4 nitrogen and oxygen atoms in total. The number of nitrogens with one attached hydrogen (secondary N) is 1. The molecular weight excluding hydrogens is 264 g/mol. The molecule has 1 saturated heterocycles. The summed E-state index contributed by atoms with van der Waals surface area (Å²) in [5, 5.41) is 2.95. The summed E-state index contributed by atoms with van der Waals surface area (Å²) < 4.78 is 5.27. The van der Waals surface area contributed by atoms with Gasteiger partial charge in [0.1, 0.15) is 0 Å². The molecule has 1 fully saturated rings. The molecule has 106 valence electrons. The van der Waals surface area contributed by atoms with Crippen LogP contribution in [0.5, 0.6) is 0 Å². The van der Waals surface area contributed by atoms with E-state index >= 15 is 0 Å². The first kappa shape index (κ1) is 15.8. The first-order valence-corrected chi connectivity index (χ1v) is 6.43. The van der Waals surface area contributed by atoms with Crippen LogP contribution in [0.15, 0.2) is 24.3 Å². The molecule has 1 atom stereocenters. The van der Waals surface area contributed by atoms with E-state index in [1.165, 1.54) is 0 Å². The average molecular weight is 285 g/mol. The number of carbonyl (C=O) groups excluding carboxylic acids is 1. The zero-order chi connectivity index (χ0) is 12.8. The lowest BCUT2D eigenvalue weighted by Crippen LogP contribution is -2.29. The number of para-hydroxylation sites is 1. The standard InChI is InChI=1S/C14H20N2O2.ClH/c15-13-4-2-1-3-12(13)5-6-14(17)16-9-11-7-8-18-10-11;/h1-4,11H,5-10,15H2,(H,16,17);1H. The lowest BCUT2D eigenvalue weighted by Gasteiger charge is -2.10. The number of hydrogen-bond donors (Lipinski definition) is 2. The topological polar surface area (TPSA) is 64.4 Å². The van der Waals surface area contributed by atoms with E-state index in [2.05, 4.69) is 5.32 Å². The molecule has 3 N–H and O–H groups in total. The van der Waals surface area contributed by atoms with Crippen molar-refractivity contribution in [2.45, 2.75) is 19.3 Å². The fourth-order valence-electron chi connectivity index (χ4n) is 2.10. The van der Waals surface area contributed by atoms with Crippen LogP contribution >= 0.6 is 12.4 Å². The van der Waals surface area contributed by atoms with Gasteiger partial charge in [-0.2, -0.15) is 0 Å². The molecule has 1 amide bonds. The van der Waals surface area contributed by atoms with Crippen LogP contribution in [-0.4, -0.2) is 25.7 Å². The maximum Gasteiger partial charge on any atom is 0.220 e. The summed E-state index contributed by atoms with van der Waals surface area (Å²) in [6, 6.07) is 7.68. The number of benzene rings is 1. The average Bonchev–Trinajstić information content (AvgIpc) is 2.88. The highest BCUT2D eigenvalue weighted by molar-refractivity contribution is 5.85. The third kappa shape index (κ3) is 5.09. The number of carbonyl (C=O) groups is 1. The van der Waals surface area contributed by atoms with Gasteiger partial charge in [0.25, 0.3) is 0 Å². The number of anilines is 1. The lowest BCUT2D eigenvalue weighted by molar-refractivity contribution is -0.121. The number of nitrogen functional groups attached to an aromatic ring is 1. The minimum Gasteiger partial charge on any atom is -0.399 e. The maximum atomic E-state index is 11.7. The molecule has 0 spiro atoms. The molecule has 1 aromatic rings. The van der Waals surface area contributed by atoms with Crippen molar-refractivity contribution in [1.82, 2.24) is 5.32 Å². The van der Waals surface area contributed by atoms with Gasteiger partial charge in [-0.05, 0) is 24.5 Å². The second-order valence-electron chi connectivity index (χ2n) is 4.73. The Balaban J connectivity index is 0.00000180. The second kappa shape index (κ2) is 8.02. The molecule has 5 heteroatoms. The third-order valence-electron chi connectivity index (χ3n) is 3.29. The molecule has 1 aromatic carbocycles. The Bertz CT molecular complexity index is 406. The monoisotopic (exact) mass is 284 g/mol. The molecule has 0 aliphatic carbocycles. The van der Waals surface area contributed by atoms with Crippen LogP contribution in [0.25, 0.3) is 0 Å². The van der Waals surface area contributed by atoms with E-state index in [9.17, 15) is 4.79 Å². The normalized spacial score (nSPS) is 17.8. The molecule has 0 saturated carbocycles. The zero-order valence-corrected chi connectivity index (χ0v) is 11.7. The Labute approximate surface area is 120 Å². The summed E-state index contributed by atoms with van der Waals surface area (Å²) in [5.74, 6) is 0.570. The first-order chi connectivity index (χ1) is 8.75. The molecule has 1 aliphatic heterocycles. The number of amides is 1. The largest absolute Gasteiger partial charge is 0.399 e. The predicted molar refractivity (Wildman–Crippen MR) is 78.4 cm³/mol. The quantitative estimate of drug-likeness (QED) is 0.810. The summed E-state index contributed by atoms with van der Waals surface area (Å²) in [7, 11) is 0. The third-order valence-corrected chi connectivity index (χ3v) is 3.29. The highest BCUT2D eigenvalue weighted by Gasteiger charge is 2.16. The summed E-state index contributed by atoms with van der Waals surface area (Å²) in [6.07, 6.45) is 2.23. The van der Waals surface area contributed by atoms with E-state index in [0.717, 1.165) is 37.4 Å². The van der Waals surface area contributed by atoms with Gasteiger partial charge < -0.3 is 15.8 Å².